The summed E-state index contributed by atoms with van der Waals surface area (Å²) < 4.78 is 0. The van der Waals surface area contributed by atoms with E-state index in [4.69, 9.17) is 11.6 Å². The predicted octanol–water partition coefficient (Wildman–Crippen LogP) is 2.33. The highest BCUT2D eigenvalue weighted by molar-refractivity contribution is 6.33. The van der Waals surface area contributed by atoms with E-state index in [9.17, 15) is 14.7 Å². The molecule has 0 saturated heterocycles. The molecule has 1 aromatic heterocycles. The van der Waals surface area contributed by atoms with Gasteiger partial charge in [0.1, 0.15) is 0 Å². The summed E-state index contributed by atoms with van der Waals surface area (Å²) in [6, 6.07) is 10.2. The van der Waals surface area contributed by atoms with E-state index in [2.05, 4.69) is 10.3 Å². The van der Waals surface area contributed by atoms with E-state index in [0.29, 0.717) is 5.56 Å². The summed E-state index contributed by atoms with van der Waals surface area (Å²) in [7, 11) is 0. The van der Waals surface area contributed by atoms with Crippen LogP contribution < -0.4 is 5.32 Å². The molecule has 0 aliphatic heterocycles. The number of aliphatic carboxylic acids is 1. The van der Waals surface area contributed by atoms with Gasteiger partial charge in [0.25, 0.3) is 5.91 Å². The Hall–Kier alpha value is -2.40. The fourth-order valence-corrected chi connectivity index (χ4v) is 2.06. The van der Waals surface area contributed by atoms with Crippen LogP contribution in [0, 0.1) is 0 Å². The fourth-order valence-electron chi connectivity index (χ4n) is 1.87. The Morgan fingerprint density at radius 3 is 2.57 bits per heavy atom. The molecule has 5 nitrogen and oxygen atoms in total. The number of rotatable bonds is 5. The summed E-state index contributed by atoms with van der Waals surface area (Å²) >= 11 is 5.90. The minimum atomic E-state index is -1.00. The lowest BCUT2D eigenvalue weighted by Crippen LogP contribution is -2.31. The lowest BCUT2D eigenvalue weighted by molar-refractivity contribution is -0.138. The van der Waals surface area contributed by atoms with Crippen molar-refractivity contribution in [2.75, 3.05) is 6.54 Å². The number of amides is 1. The molecule has 0 aliphatic rings. The second kappa shape index (κ2) is 6.85. The maximum Gasteiger partial charge on any atom is 0.312 e. The second-order valence-corrected chi connectivity index (χ2v) is 4.77. The number of halogens is 1. The number of carboxylic acid groups (broad SMARTS) is 1. The highest BCUT2D eigenvalue weighted by atomic mass is 35.5. The van der Waals surface area contributed by atoms with Crippen molar-refractivity contribution in [1.29, 1.82) is 0 Å². The summed E-state index contributed by atoms with van der Waals surface area (Å²) in [5.74, 6) is -2.26. The zero-order valence-electron chi connectivity index (χ0n) is 11.0. The van der Waals surface area contributed by atoms with E-state index in [1.54, 1.807) is 30.3 Å². The number of hydrogen-bond donors (Lipinski definition) is 2. The van der Waals surface area contributed by atoms with Crippen LogP contribution in [0.3, 0.4) is 0 Å². The van der Waals surface area contributed by atoms with Crippen molar-refractivity contribution in [3.63, 3.8) is 0 Å². The van der Waals surface area contributed by atoms with Crippen LogP contribution in [0.4, 0.5) is 0 Å². The molecule has 2 N–H and O–H groups in total. The Morgan fingerprint density at radius 1 is 1.24 bits per heavy atom. The average Bonchev–Trinajstić information content (AvgIpc) is 2.48. The predicted molar refractivity (Wildman–Crippen MR) is 78.4 cm³/mol. The smallest absolute Gasteiger partial charge is 0.312 e. The normalized spacial score (nSPS) is 11.7. The number of carboxylic acids is 1. The van der Waals surface area contributed by atoms with E-state index in [1.807, 2.05) is 0 Å². The molecule has 0 bridgehead atoms. The van der Waals surface area contributed by atoms with Crippen LogP contribution in [-0.4, -0.2) is 28.5 Å². The van der Waals surface area contributed by atoms with Crippen LogP contribution >= 0.6 is 11.6 Å². The average molecular weight is 305 g/mol. The first-order valence-electron chi connectivity index (χ1n) is 6.25. The van der Waals surface area contributed by atoms with Gasteiger partial charge in [-0.2, -0.15) is 0 Å². The third-order valence-corrected chi connectivity index (χ3v) is 3.31. The number of aromatic nitrogens is 1. The first-order valence-corrected chi connectivity index (χ1v) is 6.63. The minimum Gasteiger partial charge on any atom is -0.481 e. The fraction of sp³-hybridized carbons (Fsp3) is 0.133. The zero-order chi connectivity index (χ0) is 15.2. The Labute approximate surface area is 126 Å². The van der Waals surface area contributed by atoms with Gasteiger partial charge >= 0.3 is 5.97 Å². The van der Waals surface area contributed by atoms with Gasteiger partial charge in [-0.25, -0.2) is 0 Å². The Balaban J connectivity index is 2.08. The standard InChI is InChI=1S/C15H13ClN2O3/c16-13-6-7-17-8-12(13)14(19)18-9-11(15(20)21)10-4-2-1-3-5-10/h1-8,11H,9H2,(H,18,19)(H,20,21). The molecular weight excluding hydrogens is 292 g/mol. The van der Waals surface area contributed by atoms with Gasteiger partial charge in [-0.3, -0.25) is 14.6 Å². The van der Waals surface area contributed by atoms with E-state index in [0.717, 1.165) is 0 Å². The summed E-state index contributed by atoms with van der Waals surface area (Å²) in [5.41, 5.74) is 0.846. The molecular formula is C15H13ClN2O3. The lowest BCUT2D eigenvalue weighted by Gasteiger charge is -2.14. The van der Waals surface area contributed by atoms with Crippen molar-refractivity contribution >= 4 is 23.5 Å². The van der Waals surface area contributed by atoms with Gasteiger partial charge in [0, 0.05) is 18.9 Å². The summed E-state index contributed by atoms with van der Waals surface area (Å²) in [4.78, 5) is 27.1. The van der Waals surface area contributed by atoms with E-state index in [1.165, 1.54) is 18.5 Å². The summed E-state index contributed by atoms with van der Waals surface area (Å²) in [5, 5.41) is 12.1. The molecule has 0 fully saturated rings. The minimum absolute atomic E-state index is 0.0244. The van der Waals surface area contributed by atoms with Crippen molar-refractivity contribution in [2.45, 2.75) is 5.92 Å². The Morgan fingerprint density at radius 2 is 1.95 bits per heavy atom. The first kappa shape index (κ1) is 15.0. The van der Waals surface area contributed by atoms with Gasteiger partial charge in [-0.15, -0.1) is 0 Å². The Kier molecular flexibility index (Phi) is 4.90. The van der Waals surface area contributed by atoms with Gasteiger partial charge in [0.05, 0.1) is 16.5 Å². The number of pyridine rings is 1. The van der Waals surface area contributed by atoms with Gasteiger partial charge in [0.2, 0.25) is 0 Å². The molecule has 1 heterocycles. The molecule has 0 radical (unpaired) electrons. The van der Waals surface area contributed by atoms with Crippen LogP contribution in [0.1, 0.15) is 21.8 Å². The largest absolute Gasteiger partial charge is 0.481 e. The molecule has 1 atom stereocenters. The number of benzene rings is 1. The van der Waals surface area contributed by atoms with Gasteiger partial charge < -0.3 is 10.4 Å². The zero-order valence-corrected chi connectivity index (χ0v) is 11.7. The molecule has 0 saturated carbocycles. The highest BCUT2D eigenvalue weighted by Crippen LogP contribution is 2.16. The second-order valence-electron chi connectivity index (χ2n) is 4.37. The molecule has 2 aromatic rings. The molecule has 6 heteroatoms. The molecule has 0 aliphatic carbocycles. The molecule has 2 rings (SSSR count). The topological polar surface area (TPSA) is 79.3 Å². The van der Waals surface area contributed by atoms with Crippen LogP contribution in [-0.2, 0) is 4.79 Å². The maximum absolute atomic E-state index is 12.0. The summed E-state index contributed by atoms with van der Waals surface area (Å²) in [6.45, 7) is -0.0244. The number of hydrogen-bond acceptors (Lipinski definition) is 3. The van der Waals surface area contributed by atoms with Crippen LogP contribution in [0.5, 0.6) is 0 Å². The third-order valence-electron chi connectivity index (χ3n) is 2.98. The molecule has 0 spiro atoms. The number of nitrogens with zero attached hydrogens (tertiary/aromatic N) is 1. The highest BCUT2D eigenvalue weighted by Gasteiger charge is 2.21. The van der Waals surface area contributed by atoms with Gasteiger partial charge in [-0.1, -0.05) is 41.9 Å². The van der Waals surface area contributed by atoms with Crippen LogP contribution in [0.15, 0.2) is 48.8 Å². The van der Waals surface area contributed by atoms with Gasteiger partial charge in [-0.05, 0) is 11.6 Å². The van der Waals surface area contributed by atoms with Crippen molar-refractivity contribution in [3.05, 3.63) is 64.9 Å². The monoisotopic (exact) mass is 304 g/mol. The maximum atomic E-state index is 12.0. The van der Waals surface area contributed by atoms with E-state index in [-0.39, 0.29) is 17.1 Å². The van der Waals surface area contributed by atoms with E-state index < -0.39 is 17.8 Å². The first-order chi connectivity index (χ1) is 10.1. The SMILES string of the molecule is O=C(NCC(C(=O)O)c1ccccc1)c1cnccc1Cl. The quantitative estimate of drug-likeness (QED) is 0.888. The molecule has 1 aromatic carbocycles. The molecule has 1 amide bonds. The number of carbonyl (C=O) groups is 2. The van der Waals surface area contributed by atoms with Crippen LogP contribution in [0.2, 0.25) is 5.02 Å². The van der Waals surface area contributed by atoms with Crippen molar-refractivity contribution in [1.82, 2.24) is 10.3 Å². The number of carbonyl (C=O) groups excluding carboxylic acids is 1. The lowest BCUT2D eigenvalue weighted by atomic mass is 9.99. The van der Waals surface area contributed by atoms with E-state index >= 15 is 0 Å². The van der Waals surface area contributed by atoms with Crippen molar-refractivity contribution < 1.29 is 14.7 Å². The van der Waals surface area contributed by atoms with Crippen LogP contribution in [0.25, 0.3) is 0 Å². The molecule has 108 valence electrons. The molecule has 1 unspecified atom stereocenters. The third kappa shape index (κ3) is 3.79. The molecule has 21 heavy (non-hydrogen) atoms. The van der Waals surface area contributed by atoms with Crippen molar-refractivity contribution in [3.8, 4) is 0 Å². The summed E-state index contributed by atoms with van der Waals surface area (Å²) in [6.07, 6.45) is 2.82. The Bertz CT molecular complexity index is 646. The number of nitrogens with one attached hydrogen (secondary N) is 1. The van der Waals surface area contributed by atoms with Gasteiger partial charge in [0.15, 0.2) is 0 Å². The van der Waals surface area contributed by atoms with Crippen molar-refractivity contribution in [2.24, 2.45) is 0 Å².